The molecular weight excluding hydrogens is 324 g/mol. The summed E-state index contributed by atoms with van der Waals surface area (Å²) in [4.78, 5) is 12.5. The minimum Gasteiger partial charge on any atom is -0.455 e. The Labute approximate surface area is 149 Å². The lowest BCUT2D eigenvalue weighted by molar-refractivity contribution is -0.120. The standard InChI is InChI=1S/C19H22N2O2.ClH/c1-14-9-10-18(23-16-7-3-2-4-8-16)17(12-14)21-19(22)15-6-5-11-20-13-15;/h2-4,7-10,12,15,20H,5-6,11,13H2,1H3,(H,21,22);1H. The molecule has 1 heterocycles. The molecule has 5 heteroatoms. The van der Waals surface area contributed by atoms with Gasteiger partial charge in [-0.1, -0.05) is 24.3 Å². The number of benzene rings is 2. The van der Waals surface area contributed by atoms with Gasteiger partial charge in [0.15, 0.2) is 5.75 Å². The van der Waals surface area contributed by atoms with Crippen LogP contribution in [0.25, 0.3) is 0 Å². The molecule has 1 amide bonds. The van der Waals surface area contributed by atoms with Gasteiger partial charge in [-0.05, 0) is 56.1 Å². The monoisotopic (exact) mass is 346 g/mol. The van der Waals surface area contributed by atoms with E-state index in [-0.39, 0.29) is 24.2 Å². The zero-order valence-electron chi connectivity index (χ0n) is 13.7. The maximum absolute atomic E-state index is 12.5. The molecule has 0 aromatic heterocycles. The van der Waals surface area contributed by atoms with Crippen molar-refractivity contribution in [2.24, 2.45) is 5.92 Å². The first-order chi connectivity index (χ1) is 11.2. The van der Waals surface area contributed by atoms with Crippen LogP contribution in [0.15, 0.2) is 48.5 Å². The maximum Gasteiger partial charge on any atom is 0.228 e. The smallest absolute Gasteiger partial charge is 0.228 e. The highest BCUT2D eigenvalue weighted by molar-refractivity contribution is 5.94. The van der Waals surface area contributed by atoms with Gasteiger partial charge >= 0.3 is 0 Å². The molecule has 4 nitrogen and oxygen atoms in total. The van der Waals surface area contributed by atoms with E-state index in [9.17, 15) is 4.79 Å². The van der Waals surface area contributed by atoms with E-state index in [4.69, 9.17) is 4.74 Å². The Hall–Kier alpha value is -2.04. The van der Waals surface area contributed by atoms with Gasteiger partial charge in [0.25, 0.3) is 0 Å². The zero-order chi connectivity index (χ0) is 16.1. The number of ether oxygens (including phenoxy) is 1. The Morgan fingerprint density at radius 2 is 2.00 bits per heavy atom. The topological polar surface area (TPSA) is 50.4 Å². The fraction of sp³-hybridized carbons (Fsp3) is 0.316. The normalized spacial score (nSPS) is 16.8. The van der Waals surface area contributed by atoms with E-state index < -0.39 is 0 Å². The van der Waals surface area contributed by atoms with Crippen molar-refractivity contribution in [1.29, 1.82) is 0 Å². The first-order valence-corrected chi connectivity index (χ1v) is 8.07. The van der Waals surface area contributed by atoms with Crippen molar-refractivity contribution < 1.29 is 9.53 Å². The molecule has 0 bridgehead atoms. The fourth-order valence-corrected chi connectivity index (χ4v) is 2.76. The van der Waals surface area contributed by atoms with Crippen LogP contribution in [-0.4, -0.2) is 19.0 Å². The van der Waals surface area contributed by atoms with Gasteiger partial charge in [-0.25, -0.2) is 0 Å². The first-order valence-electron chi connectivity index (χ1n) is 8.07. The van der Waals surface area contributed by atoms with Crippen LogP contribution in [0.5, 0.6) is 11.5 Å². The lowest BCUT2D eigenvalue weighted by atomic mass is 9.98. The number of carbonyl (C=O) groups excluding carboxylic acids is 1. The molecule has 1 fully saturated rings. The van der Waals surface area contributed by atoms with Crippen molar-refractivity contribution in [3.8, 4) is 11.5 Å². The van der Waals surface area contributed by atoms with Crippen molar-refractivity contribution in [2.45, 2.75) is 19.8 Å². The SMILES string of the molecule is Cc1ccc(Oc2ccccc2)c(NC(=O)C2CCCNC2)c1.Cl. The van der Waals surface area contributed by atoms with Crippen LogP contribution < -0.4 is 15.4 Å². The number of nitrogens with one attached hydrogen (secondary N) is 2. The predicted octanol–water partition coefficient (Wildman–Crippen LogP) is 4.15. The lowest BCUT2D eigenvalue weighted by Gasteiger charge is -2.22. The highest BCUT2D eigenvalue weighted by Crippen LogP contribution is 2.31. The lowest BCUT2D eigenvalue weighted by Crippen LogP contribution is -2.37. The summed E-state index contributed by atoms with van der Waals surface area (Å²) in [5.41, 5.74) is 1.81. The molecule has 1 aliphatic rings. The van der Waals surface area contributed by atoms with Crippen LogP contribution in [0.2, 0.25) is 0 Å². The average Bonchev–Trinajstić information content (AvgIpc) is 2.59. The summed E-state index contributed by atoms with van der Waals surface area (Å²) in [7, 11) is 0. The quantitative estimate of drug-likeness (QED) is 0.874. The number of carbonyl (C=O) groups is 1. The summed E-state index contributed by atoms with van der Waals surface area (Å²) in [6, 6.07) is 15.4. The summed E-state index contributed by atoms with van der Waals surface area (Å²) in [5.74, 6) is 1.50. The molecule has 0 saturated carbocycles. The number of rotatable bonds is 4. The Balaban J connectivity index is 0.00000208. The van der Waals surface area contributed by atoms with Crippen molar-refractivity contribution in [3.63, 3.8) is 0 Å². The number of hydrogen-bond donors (Lipinski definition) is 2. The van der Waals surface area contributed by atoms with E-state index in [1.165, 1.54) is 0 Å². The molecular formula is C19H23ClN2O2. The Morgan fingerprint density at radius 3 is 2.71 bits per heavy atom. The van der Waals surface area contributed by atoms with Gasteiger partial charge in [0.1, 0.15) is 5.75 Å². The predicted molar refractivity (Wildman–Crippen MR) is 99.2 cm³/mol. The van der Waals surface area contributed by atoms with Gasteiger partial charge in [0.05, 0.1) is 11.6 Å². The highest BCUT2D eigenvalue weighted by atomic mass is 35.5. The molecule has 3 rings (SSSR count). The van der Waals surface area contributed by atoms with Crippen molar-refractivity contribution in [3.05, 3.63) is 54.1 Å². The summed E-state index contributed by atoms with van der Waals surface area (Å²) >= 11 is 0. The van der Waals surface area contributed by atoms with Crippen LogP contribution in [-0.2, 0) is 4.79 Å². The number of hydrogen-bond acceptors (Lipinski definition) is 3. The van der Waals surface area contributed by atoms with Crippen LogP contribution in [0.4, 0.5) is 5.69 Å². The van der Waals surface area contributed by atoms with Gasteiger partial charge in [-0.2, -0.15) is 0 Å². The first kappa shape index (κ1) is 18.3. The third kappa shape index (κ3) is 4.73. The third-order valence-electron chi connectivity index (χ3n) is 4.03. The molecule has 2 N–H and O–H groups in total. The van der Waals surface area contributed by atoms with E-state index in [1.807, 2.05) is 55.5 Å². The second-order valence-electron chi connectivity index (χ2n) is 5.95. The number of para-hydroxylation sites is 1. The molecule has 0 aliphatic carbocycles. The van der Waals surface area contributed by atoms with Gasteiger partial charge in [-0.3, -0.25) is 4.79 Å². The summed E-state index contributed by atoms with van der Waals surface area (Å²) in [6.45, 7) is 3.74. The van der Waals surface area contributed by atoms with Crippen molar-refractivity contribution >= 4 is 24.0 Å². The van der Waals surface area contributed by atoms with E-state index in [0.717, 1.165) is 42.9 Å². The molecule has 0 radical (unpaired) electrons. The van der Waals surface area contributed by atoms with Crippen molar-refractivity contribution in [1.82, 2.24) is 5.32 Å². The van der Waals surface area contributed by atoms with Crippen LogP contribution in [0, 0.1) is 12.8 Å². The average molecular weight is 347 g/mol. The molecule has 24 heavy (non-hydrogen) atoms. The Morgan fingerprint density at radius 1 is 1.21 bits per heavy atom. The van der Waals surface area contributed by atoms with Crippen molar-refractivity contribution in [2.75, 3.05) is 18.4 Å². The number of aryl methyl sites for hydroxylation is 1. The number of amides is 1. The second-order valence-corrected chi connectivity index (χ2v) is 5.95. The van der Waals surface area contributed by atoms with E-state index in [1.54, 1.807) is 0 Å². The third-order valence-corrected chi connectivity index (χ3v) is 4.03. The van der Waals surface area contributed by atoms with Crippen LogP contribution >= 0.6 is 12.4 Å². The van der Waals surface area contributed by atoms with E-state index >= 15 is 0 Å². The fourth-order valence-electron chi connectivity index (χ4n) is 2.76. The molecule has 128 valence electrons. The molecule has 1 saturated heterocycles. The minimum atomic E-state index is 0. The minimum absolute atomic E-state index is 0. The van der Waals surface area contributed by atoms with E-state index in [0.29, 0.717) is 5.75 Å². The maximum atomic E-state index is 12.5. The largest absolute Gasteiger partial charge is 0.455 e. The molecule has 1 unspecified atom stereocenters. The molecule has 0 spiro atoms. The van der Waals surface area contributed by atoms with Gasteiger partial charge in [0.2, 0.25) is 5.91 Å². The number of halogens is 1. The second kappa shape index (κ2) is 8.71. The summed E-state index contributed by atoms with van der Waals surface area (Å²) in [5, 5.41) is 6.31. The number of anilines is 1. The van der Waals surface area contributed by atoms with Crippen LogP contribution in [0.3, 0.4) is 0 Å². The van der Waals surface area contributed by atoms with E-state index in [2.05, 4.69) is 10.6 Å². The van der Waals surface area contributed by atoms with Gasteiger partial charge in [-0.15, -0.1) is 12.4 Å². The zero-order valence-corrected chi connectivity index (χ0v) is 14.6. The Bertz CT molecular complexity index is 670. The molecule has 2 aromatic rings. The molecule has 1 aliphatic heterocycles. The Kier molecular flexibility index (Phi) is 6.64. The number of piperidine rings is 1. The van der Waals surface area contributed by atoms with Crippen LogP contribution in [0.1, 0.15) is 18.4 Å². The highest BCUT2D eigenvalue weighted by Gasteiger charge is 2.22. The summed E-state index contributed by atoms with van der Waals surface area (Å²) < 4.78 is 5.92. The van der Waals surface area contributed by atoms with Gasteiger partial charge in [0, 0.05) is 6.54 Å². The molecule has 1 atom stereocenters. The summed E-state index contributed by atoms with van der Waals surface area (Å²) in [6.07, 6.45) is 1.97. The van der Waals surface area contributed by atoms with Gasteiger partial charge < -0.3 is 15.4 Å². The molecule has 2 aromatic carbocycles.